The van der Waals surface area contributed by atoms with E-state index >= 15 is 0 Å². The van der Waals surface area contributed by atoms with Crippen LogP contribution in [0, 0.1) is 0 Å². The van der Waals surface area contributed by atoms with Crippen molar-refractivity contribution in [1.29, 1.82) is 0 Å². The number of anilines is 3. The van der Waals surface area contributed by atoms with Gasteiger partial charge in [0, 0.05) is 33.4 Å². The van der Waals surface area contributed by atoms with Crippen LogP contribution >= 0.6 is 0 Å². The molecule has 11 rings (SSSR count). The Balaban J connectivity index is 0.961. The molecule has 0 atom stereocenters. The Morgan fingerprint density at radius 2 is 0.857 bits per heavy atom. The van der Waals surface area contributed by atoms with Crippen LogP contribution in [0.1, 0.15) is 0 Å². The summed E-state index contributed by atoms with van der Waals surface area (Å²) in [5.74, 6) is 0. The standard InChI is InChI=1S/C54H35NO/c1-2-10-39(11-3-1)50-15-8-16-51-52-35-43(25-32-53(52)56-54(50)51)38-21-28-46(29-22-38)55(47-30-23-36-9-4-5-13-41(36)34-47)45-26-19-37(20-27-45)42-24-31-49-44(33-42)18-17-40-12-6-7-14-48(40)49/h1-35H. The smallest absolute Gasteiger partial charge is 0.143 e. The van der Waals surface area contributed by atoms with E-state index in [2.05, 4.69) is 211 Å². The summed E-state index contributed by atoms with van der Waals surface area (Å²) in [6, 6.07) is 76.5. The van der Waals surface area contributed by atoms with Crippen LogP contribution in [0.15, 0.2) is 217 Å². The van der Waals surface area contributed by atoms with Crippen LogP contribution in [0.3, 0.4) is 0 Å². The summed E-state index contributed by atoms with van der Waals surface area (Å²) < 4.78 is 6.47. The Kier molecular flexibility index (Phi) is 7.53. The lowest BCUT2D eigenvalue weighted by molar-refractivity contribution is 0.670. The fourth-order valence-electron chi connectivity index (χ4n) is 8.38. The van der Waals surface area contributed by atoms with Crippen LogP contribution in [0.4, 0.5) is 17.1 Å². The van der Waals surface area contributed by atoms with Gasteiger partial charge in [0.1, 0.15) is 11.2 Å². The number of hydrogen-bond acceptors (Lipinski definition) is 2. The molecular weight excluding hydrogens is 679 g/mol. The van der Waals surface area contributed by atoms with Gasteiger partial charge in [-0.3, -0.25) is 0 Å². The highest BCUT2D eigenvalue weighted by molar-refractivity contribution is 6.11. The molecule has 0 aliphatic heterocycles. The van der Waals surface area contributed by atoms with Crippen molar-refractivity contribution in [2.45, 2.75) is 0 Å². The summed E-state index contributed by atoms with van der Waals surface area (Å²) in [4.78, 5) is 2.35. The predicted molar refractivity (Wildman–Crippen MR) is 237 cm³/mol. The van der Waals surface area contributed by atoms with Crippen molar-refractivity contribution in [1.82, 2.24) is 0 Å². The lowest BCUT2D eigenvalue weighted by Gasteiger charge is -2.26. The third-order valence-electron chi connectivity index (χ3n) is 11.2. The molecule has 1 heterocycles. The normalized spacial score (nSPS) is 11.6. The highest BCUT2D eigenvalue weighted by Gasteiger charge is 2.16. The van der Waals surface area contributed by atoms with Gasteiger partial charge in [0.2, 0.25) is 0 Å². The Bertz CT molecular complexity index is 3230. The SMILES string of the molecule is c1ccc(-c2cccc3c2oc2ccc(-c4ccc(N(c5ccc(-c6ccc7c(ccc8ccccc87)c6)cc5)c5ccc6ccccc6c5)cc4)cc23)cc1. The van der Waals surface area contributed by atoms with Crippen molar-refractivity contribution in [3.8, 4) is 33.4 Å². The van der Waals surface area contributed by atoms with Crippen LogP contribution in [0.5, 0.6) is 0 Å². The Labute approximate surface area is 325 Å². The summed E-state index contributed by atoms with van der Waals surface area (Å²) in [5.41, 5.74) is 12.1. The van der Waals surface area contributed by atoms with Crippen molar-refractivity contribution in [3.05, 3.63) is 212 Å². The van der Waals surface area contributed by atoms with Crippen molar-refractivity contribution < 1.29 is 4.42 Å². The molecule has 56 heavy (non-hydrogen) atoms. The molecule has 10 aromatic carbocycles. The molecule has 1 aromatic heterocycles. The first-order chi connectivity index (χ1) is 27.7. The topological polar surface area (TPSA) is 16.4 Å². The van der Waals surface area contributed by atoms with E-state index in [0.717, 1.165) is 61.3 Å². The number of hydrogen-bond donors (Lipinski definition) is 0. The van der Waals surface area contributed by atoms with E-state index in [1.807, 2.05) is 6.07 Å². The van der Waals surface area contributed by atoms with E-state index in [1.54, 1.807) is 0 Å². The molecule has 2 heteroatoms. The number of para-hydroxylation sites is 1. The van der Waals surface area contributed by atoms with Gasteiger partial charge in [-0.1, -0.05) is 158 Å². The number of nitrogens with zero attached hydrogens (tertiary/aromatic N) is 1. The summed E-state index contributed by atoms with van der Waals surface area (Å²) in [6.45, 7) is 0. The van der Waals surface area contributed by atoms with E-state index in [1.165, 1.54) is 43.4 Å². The molecule has 0 fully saturated rings. The molecule has 0 N–H and O–H groups in total. The first-order valence-corrected chi connectivity index (χ1v) is 19.2. The largest absolute Gasteiger partial charge is 0.455 e. The maximum atomic E-state index is 6.47. The Morgan fingerprint density at radius 3 is 1.64 bits per heavy atom. The van der Waals surface area contributed by atoms with Gasteiger partial charge in [0.25, 0.3) is 0 Å². The highest BCUT2D eigenvalue weighted by atomic mass is 16.3. The first kappa shape index (κ1) is 32.0. The van der Waals surface area contributed by atoms with E-state index in [-0.39, 0.29) is 0 Å². The average molecular weight is 714 g/mol. The summed E-state index contributed by atoms with van der Waals surface area (Å²) in [6.07, 6.45) is 0. The zero-order valence-corrected chi connectivity index (χ0v) is 30.6. The quantitative estimate of drug-likeness (QED) is 0.160. The summed E-state index contributed by atoms with van der Waals surface area (Å²) in [5, 5.41) is 9.78. The van der Waals surface area contributed by atoms with Gasteiger partial charge < -0.3 is 9.32 Å². The lowest BCUT2D eigenvalue weighted by atomic mass is 9.97. The molecule has 11 aromatic rings. The fraction of sp³-hybridized carbons (Fsp3) is 0. The lowest BCUT2D eigenvalue weighted by Crippen LogP contribution is -2.09. The maximum absolute atomic E-state index is 6.47. The van der Waals surface area contributed by atoms with E-state index in [4.69, 9.17) is 4.42 Å². The van der Waals surface area contributed by atoms with Gasteiger partial charge in [0.15, 0.2) is 0 Å². The van der Waals surface area contributed by atoms with Gasteiger partial charge in [-0.2, -0.15) is 0 Å². The monoisotopic (exact) mass is 713 g/mol. The summed E-state index contributed by atoms with van der Waals surface area (Å²) in [7, 11) is 0. The van der Waals surface area contributed by atoms with E-state index in [0.29, 0.717) is 0 Å². The van der Waals surface area contributed by atoms with Crippen molar-refractivity contribution in [2.75, 3.05) is 4.90 Å². The molecule has 0 aliphatic rings. The second-order valence-corrected chi connectivity index (χ2v) is 14.5. The molecular formula is C54H35NO. The fourth-order valence-corrected chi connectivity index (χ4v) is 8.38. The second kappa shape index (κ2) is 13.2. The third kappa shape index (κ3) is 5.51. The second-order valence-electron chi connectivity index (χ2n) is 14.5. The van der Waals surface area contributed by atoms with Crippen LogP contribution in [-0.4, -0.2) is 0 Å². The van der Waals surface area contributed by atoms with Crippen LogP contribution in [0.25, 0.3) is 87.6 Å². The van der Waals surface area contributed by atoms with E-state index in [9.17, 15) is 0 Å². The van der Waals surface area contributed by atoms with Gasteiger partial charge in [-0.25, -0.2) is 0 Å². The number of fused-ring (bicyclic) bond motifs is 7. The van der Waals surface area contributed by atoms with Crippen LogP contribution in [0.2, 0.25) is 0 Å². The molecule has 262 valence electrons. The predicted octanol–water partition coefficient (Wildman–Crippen LogP) is 15.5. The van der Waals surface area contributed by atoms with Gasteiger partial charge in [-0.05, 0) is 115 Å². The molecule has 0 aliphatic carbocycles. The molecule has 0 amide bonds. The van der Waals surface area contributed by atoms with Crippen molar-refractivity contribution >= 4 is 71.3 Å². The minimum Gasteiger partial charge on any atom is -0.455 e. The average Bonchev–Trinajstić information content (AvgIpc) is 3.65. The summed E-state index contributed by atoms with van der Waals surface area (Å²) >= 11 is 0. The molecule has 0 unspecified atom stereocenters. The molecule has 2 nitrogen and oxygen atoms in total. The molecule has 0 spiro atoms. The highest BCUT2D eigenvalue weighted by Crippen LogP contribution is 2.41. The van der Waals surface area contributed by atoms with Gasteiger partial charge in [0.05, 0.1) is 0 Å². The minimum atomic E-state index is 0.895. The zero-order valence-electron chi connectivity index (χ0n) is 30.6. The maximum Gasteiger partial charge on any atom is 0.143 e. The minimum absolute atomic E-state index is 0.895. The molecule has 0 saturated heterocycles. The third-order valence-corrected chi connectivity index (χ3v) is 11.2. The van der Waals surface area contributed by atoms with Crippen molar-refractivity contribution in [3.63, 3.8) is 0 Å². The Morgan fingerprint density at radius 1 is 0.286 bits per heavy atom. The molecule has 0 radical (unpaired) electrons. The number of furan rings is 1. The molecule has 0 bridgehead atoms. The number of benzene rings is 10. The zero-order chi connectivity index (χ0) is 37.0. The Hall–Kier alpha value is -7.42. The van der Waals surface area contributed by atoms with Crippen molar-refractivity contribution in [2.24, 2.45) is 0 Å². The van der Waals surface area contributed by atoms with E-state index < -0.39 is 0 Å². The van der Waals surface area contributed by atoms with Gasteiger partial charge >= 0.3 is 0 Å². The molecule has 0 saturated carbocycles. The first-order valence-electron chi connectivity index (χ1n) is 19.2. The van der Waals surface area contributed by atoms with Crippen LogP contribution in [-0.2, 0) is 0 Å². The number of rotatable bonds is 6. The van der Waals surface area contributed by atoms with Crippen LogP contribution < -0.4 is 4.90 Å². The van der Waals surface area contributed by atoms with Gasteiger partial charge in [-0.15, -0.1) is 0 Å².